The molecule has 1 heterocycles. The van der Waals surface area contributed by atoms with Crippen LogP contribution >= 0.6 is 28.3 Å². The number of piperidine rings is 1. The predicted molar refractivity (Wildman–Crippen MR) is 90.5 cm³/mol. The molecular weight excluding hydrogens is 356 g/mol. The molecule has 0 bridgehead atoms. The Morgan fingerprint density at radius 1 is 1.52 bits per heavy atom. The van der Waals surface area contributed by atoms with Crippen molar-refractivity contribution in [2.45, 2.75) is 19.8 Å². The fourth-order valence-corrected chi connectivity index (χ4v) is 2.89. The van der Waals surface area contributed by atoms with E-state index in [-0.39, 0.29) is 23.7 Å². The second-order valence-electron chi connectivity index (χ2n) is 5.62. The minimum Gasteiger partial charge on any atom is -0.497 e. The van der Waals surface area contributed by atoms with Crippen molar-refractivity contribution in [3.8, 4) is 5.75 Å². The zero-order valence-electron chi connectivity index (χ0n) is 12.4. The van der Waals surface area contributed by atoms with E-state index in [9.17, 15) is 4.79 Å². The number of ether oxygens (including phenoxy) is 1. The van der Waals surface area contributed by atoms with Gasteiger partial charge in [0.05, 0.1) is 12.7 Å². The Hall–Kier alpha value is -0.780. The molecule has 1 aliphatic heterocycles. The molecule has 6 heteroatoms. The summed E-state index contributed by atoms with van der Waals surface area (Å²) >= 11 is 3.41. The number of nitrogens with one attached hydrogen (secondary N) is 2. The van der Waals surface area contributed by atoms with Crippen molar-refractivity contribution in [3.63, 3.8) is 0 Å². The first kappa shape index (κ1) is 18.3. The van der Waals surface area contributed by atoms with E-state index in [1.807, 2.05) is 12.1 Å². The number of hydrogen-bond acceptors (Lipinski definition) is 3. The van der Waals surface area contributed by atoms with Gasteiger partial charge < -0.3 is 15.4 Å². The molecule has 1 saturated heterocycles. The van der Waals surface area contributed by atoms with Crippen molar-refractivity contribution >= 4 is 34.2 Å². The molecule has 118 valence electrons. The molecule has 1 fully saturated rings. The van der Waals surface area contributed by atoms with E-state index >= 15 is 0 Å². The van der Waals surface area contributed by atoms with Crippen LogP contribution in [0.1, 0.15) is 30.1 Å². The third-order valence-corrected chi connectivity index (χ3v) is 4.47. The Morgan fingerprint density at radius 3 is 2.90 bits per heavy atom. The Morgan fingerprint density at radius 2 is 2.29 bits per heavy atom. The highest BCUT2D eigenvalue weighted by Gasteiger charge is 2.27. The van der Waals surface area contributed by atoms with Crippen LogP contribution in [-0.4, -0.2) is 32.7 Å². The Bertz CT molecular complexity index is 491. The summed E-state index contributed by atoms with van der Waals surface area (Å²) in [5.74, 6) is 0.617. The lowest BCUT2D eigenvalue weighted by atomic mass is 9.83. The zero-order valence-corrected chi connectivity index (χ0v) is 14.8. The third kappa shape index (κ3) is 4.87. The normalized spacial score (nSPS) is 21.3. The van der Waals surface area contributed by atoms with E-state index < -0.39 is 0 Å². The van der Waals surface area contributed by atoms with Gasteiger partial charge in [-0.15, -0.1) is 12.4 Å². The quantitative estimate of drug-likeness (QED) is 0.848. The van der Waals surface area contributed by atoms with Crippen molar-refractivity contribution in [1.82, 2.24) is 10.6 Å². The summed E-state index contributed by atoms with van der Waals surface area (Å²) in [5, 5.41) is 6.42. The first-order chi connectivity index (χ1) is 9.54. The number of carbonyl (C=O) groups is 1. The molecule has 0 spiro atoms. The molecule has 1 unspecified atom stereocenters. The van der Waals surface area contributed by atoms with Crippen LogP contribution in [-0.2, 0) is 0 Å². The number of amides is 1. The predicted octanol–water partition coefficient (Wildman–Crippen LogP) is 3.00. The van der Waals surface area contributed by atoms with Gasteiger partial charge in [0.15, 0.2) is 0 Å². The van der Waals surface area contributed by atoms with E-state index in [0.29, 0.717) is 17.9 Å². The number of methoxy groups -OCH3 is 1. The third-order valence-electron chi connectivity index (χ3n) is 3.78. The van der Waals surface area contributed by atoms with Crippen molar-refractivity contribution in [2.24, 2.45) is 5.41 Å². The molecule has 1 amide bonds. The molecule has 2 rings (SSSR count). The van der Waals surface area contributed by atoms with Gasteiger partial charge in [0.25, 0.3) is 5.91 Å². The maximum Gasteiger partial charge on any atom is 0.252 e. The van der Waals surface area contributed by atoms with E-state index in [1.54, 1.807) is 13.2 Å². The van der Waals surface area contributed by atoms with Gasteiger partial charge in [0, 0.05) is 17.6 Å². The molecule has 1 aliphatic rings. The van der Waals surface area contributed by atoms with E-state index in [1.165, 1.54) is 0 Å². The van der Waals surface area contributed by atoms with Crippen LogP contribution in [0.15, 0.2) is 22.7 Å². The first-order valence-electron chi connectivity index (χ1n) is 6.86. The summed E-state index contributed by atoms with van der Waals surface area (Å²) in [5.41, 5.74) is 0.746. The summed E-state index contributed by atoms with van der Waals surface area (Å²) in [6.07, 6.45) is 2.30. The summed E-state index contributed by atoms with van der Waals surface area (Å²) < 4.78 is 5.94. The molecule has 2 N–H and O–H groups in total. The average molecular weight is 378 g/mol. The van der Waals surface area contributed by atoms with Crippen molar-refractivity contribution in [3.05, 3.63) is 28.2 Å². The van der Waals surface area contributed by atoms with Crippen LogP contribution in [0, 0.1) is 5.41 Å². The van der Waals surface area contributed by atoms with Crippen LogP contribution in [0.3, 0.4) is 0 Å². The first-order valence-corrected chi connectivity index (χ1v) is 7.66. The second-order valence-corrected chi connectivity index (χ2v) is 6.47. The molecule has 0 radical (unpaired) electrons. The number of halogens is 2. The van der Waals surface area contributed by atoms with Crippen molar-refractivity contribution in [2.75, 3.05) is 26.7 Å². The smallest absolute Gasteiger partial charge is 0.252 e. The topological polar surface area (TPSA) is 50.4 Å². The van der Waals surface area contributed by atoms with Gasteiger partial charge >= 0.3 is 0 Å². The standard InChI is InChI=1S/C15H21BrN2O2.ClH/c1-15(6-3-7-17-9-15)10-18-14(19)12-8-11(20-2)4-5-13(12)16;/h4-5,8,17H,3,6-7,9-10H2,1-2H3,(H,18,19);1H. The van der Waals surface area contributed by atoms with Crippen LogP contribution in [0.25, 0.3) is 0 Å². The van der Waals surface area contributed by atoms with Gasteiger partial charge in [-0.2, -0.15) is 0 Å². The molecule has 0 saturated carbocycles. The highest BCUT2D eigenvalue weighted by molar-refractivity contribution is 9.10. The summed E-state index contributed by atoms with van der Waals surface area (Å²) in [6, 6.07) is 5.41. The molecule has 4 nitrogen and oxygen atoms in total. The summed E-state index contributed by atoms with van der Waals surface area (Å²) in [4.78, 5) is 12.3. The maximum atomic E-state index is 12.3. The lowest BCUT2D eigenvalue weighted by Crippen LogP contribution is -2.45. The van der Waals surface area contributed by atoms with E-state index in [2.05, 4.69) is 33.5 Å². The van der Waals surface area contributed by atoms with Crippen molar-refractivity contribution < 1.29 is 9.53 Å². The summed E-state index contributed by atoms with van der Waals surface area (Å²) in [6.45, 7) is 4.92. The molecule has 21 heavy (non-hydrogen) atoms. The van der Waals surface area contributed by atoms with Crippen LogP contribution in [0.5, 0.6) is 5.75 Å². The minimum absolute atomic E-state index is 0. The van der Waals surface area contributed by atoms with Gasteiger partial charge in [0.1, 0.15) is 5.75 Å². The fourth-order valence-electron chi connectivity index (χ4n) is 2.46. The SMILES string of the molecule is COc1ccc(Br)c(C(=O)NCC2(C)CCCNC2)c1.Cl. The van der Waals surface area contributed by atoms with Crippen LogP contribution in [0.2, 0.25) is 0 Å². The number of benzene rings is 1. The van der Waals surface area contributed by atoms with Gasteiger partial charge in [-0.1, -0.05) is 6.92 Å². The van der Waals surface area contributed by atoms with Crippen LogP contribution < -0.4 is 15.4 Å². The lowest BCUT2D eigenvalue weighted by molar-refractivity contribution is 0.0923. The van der Waals surface area contributed by atoms with Crippen LogP contribution in [0.4, 0.5) is 0 Å². The highest BCUT2D eigenvalue weighted by atomic mass is 79.9. The fraction of sp³-hybridized carbons (Fsp3) is 0.533. The molecule has 1 atom stereocenters. The number of rotatable bonds is 4. The Labute approximate surface area is 140 Å². The largest absolute Gasteiger partial charge is 0.497 e. The Balaban J connectivity index is 0.00000220. The van der Waals surface area contributed by atoms with Gasteiger partial charge in [-0.05, 0) is 58.9 Å². The highest BCUT2D eigenvalue weighted by Crippen LogP contribution is 2.25. The van der Waals surface area contributed by atoms with Gasteiger partial charge in [-0.25, -0.2) is 0 Å². The van der Waals surface area contributed by atoms with Gasteiger partial charge in [0.2, 0.25) is 0 Å². The number of carbonyl (C=O) groups excluding carboxylic acids is 1. The molecular formula is C15H22BrClN2O2. The molecule has 1 aromatic rings. The summed E-state index contributed by atoms with van der Waals surface area (Å²) in [7, 11) is 1.60. The lowest BCUT2D eigenvalue weighted by Gasteiger charge is -2.34. The zero-order chi connectivity index (χ0) is 14.6. The van der Waals surface area contributed by atoms with E-state index in [0.717, 1.165) is 30.4 Å². The average Bonchev–Trinajstić information content (AvgIpc) is 2.46. The molecule has 0 aromatic heterocycles. The maximum absolute atomic E-state index is 12.3. The Kier molecular flexibility index (Phi) is 6.97. The molecule has 0 aliphatic carbocycles. The monoisotopic (exact) mass is 376 g/mol. The number of hydrogen-bond donors (Lipinski definition) is 2. The van der Waals surface area contributed by atoms with Gasteiger partial charge in [-0.3, -0.25) is 4.79 Å². The van der Waals surface area contributed by atoms with E-state index in [4.69, 9.17) is 4.74 Å². The minimum atomic E-state index is -0.0671. The molecule has 1 aromatic carbocycles. The van der Waals surface area contributed by atoms with Crippen molar-refractivity contribution in [1.29, 1.82) is 0 Å². The second kappa shape index (κ2) is 8.01.